The fourth-order valence-electron chi connectivity index (χ4n) is 11.5. The van der Waals surface area contributed by atoms with Gasteiger partial charge in [-0.15, -0.1) is 11.8 Å². The number of hydrogen-bond donors (Lipinski definition) is 2. The quantitative estimate of drug-likeness (QED) is 0.112. The van der Waals surface area contributed by atoms with Crippen molar-refractivity contribution < 1.29 is 19.2 Å². The maximum Gasteiger partial charge on any atom is 0.271 e. The predicted molar refractivity (Wildman–Crippen MR) is 269 cm³/mol. The van der Waals surface area contributed by atoms with E-state index >= 15 is 9.59 Å². The first-order chi connectivity index (χ1) is 32.9. The minimum Gasteiger partial charge on any atom is -0.351 e. The maximum absolute atomic E-state index is 15.2. The van der Waals surface area contributed by atoms with Gasteiger partial charge in [-0.3, -0.25) is 19.2 Å². The first kappa shape index (κ1) is 45.5. The SMILES string of the molecule is CSc1ccc(CCN2C(=O)c3ccc(-c4ccccc4)n3CC2(C)C(=O)NC2CCC(c3cc4n(c3-c3ccccc3)CC(C)(C(=O)NC3CCCC3)N(Cc3ccccc3C)C4=O)C2)cc1. The molecule has 2 aromatic heterocycles. The van der Waals surface area contributed by atoms with Crippen LogP contribution in [0.3, 0.4) is 0 Å². The molecule has 2 N–H and O–H groups in total. The highest BCUT2D eigenvalue weighted by Gasteiger charge is 2.51. The summed E-state index contributed by atoms with van der Waals surface area (Å²) in [4.78, 5) is 64.4. The fourth-order valence-corrected chi connectivity index (χ4v) is 11.9. The van der Waals surface area contributed by atoms with E-state index in [1.807, 2.05) is 102 Å². The molecule has 2 aliphatic heterocycles. The summed E-state index contributed by atoms with van der Waals surface area (Å²) in [6.45, 7) is 7.25. The third-order valence-electron chi connectivity index (χ3n) is 15.5. The number of thioether (sulfide) groups is 1. The summed E-state index contributed by atoms with van der Waals surface area (Å²) in [5.74, 6) is -0.567. The molecule has 10 nitrogen and oxygen atoms in total. The van der Waals surface area contributed by atoms with Crippen molar-refractivity contribution in [1.29, 1.82) is 0 Å². The molecular weight excluding hydrogens is 865 g/mol. The summed E-state index contributed by atoms with van der Waals surface area (Å²) < 4.78 is 4.14. The number of nitrogens with zero attached hydrogens (tertiary/aromatic N) is 4. The average molecular weight is 927 g/mol. The molecule has 2 fully saturated rings. The molecule has 68 heavy (non-hydrogen) atoms. The van der Waals surface area contributed by atoms with Gasteiger partial charge in [0.25, 0.3) is 11.8 Å². The molecule has 0 bridgehead atoms. The lowest BCUT2D eigenvalue weighted by Gasteiger charge is -2.45. The van der Waals surface area contributed by atoms with Gasteiger partial charge in [0.15, 0.2) is 0 Å². The lowest BCUT2D eigenvalue weighted by Crippen LogP contribution is -2.65. The van der Waals surface area contributed by atoms with Crippen molar-refractivity contribution >= 4 is 35.4 Å². The van der Waals surface area contributed by atoms with Crippen molar-refractivity contribution in [2.75, 3.05) is 12.8 Å². The first-order valence-electron chi connectivity index (χ1n) is 24.4. The minimum absolute atomic E-state index is 0.0340. The molecule has 10 rings (SSSR count). The molecule has 4 amide bonds. The minimum atomic E-state index is -1.18. The molecule has 6 aromatic rings. The number of aromatic nitrogens is 2. The summed E-state index contributed by atoms with van der Waals surface area (Å²) in [6.07, 6.45) is 8.97. The smallest absolute Gasteiger partial charge is 0.271 e. The van der Waals surface area contributed by atoms with Gasteiger partial charge in [-0.05, 0) is 135 Å². The van der Waals surface area contributed by atoms with Gasteiger partial charge >= 0.3 is 0 Å². The summed E-state index contributed by atoms with van der Waals surface area (Å²) in [5, 5.41) is 6.86. The van der Waals surface area contributed by atoms with Crippen molar-refractivity contribution in [3.8, 4) is 22.5 Å². The topological polar surface area (TPSA) is 109 Å². The Balaban J connectivity index is 0.959. The largest absolute Gasteiger partial charge is 0.351 e. The molecule has 0 radical (unpaired) electrons. The lowest BCUT2D eigenvalue weighted by molar-refractivity contribution is -0.134. The number of benzene rings is 4. The molecule has 350 valence electrons. The van der Waals surface area contributed by atoms with Crippen LogP contribution in [0.25, 0.3) is 22.5 Å². The second kappa shape index (κ2) is 18.6. The Bertz CT molecular complexity index is 2850. The number of rotatable bonds is 13. The number of hydrogen-bond acceptors (Lipinski definition) is 5. The fraction of sp³-hybridized carbons (Fsp3) is 0.368. The van der Waals surface area contributed by atoms with Gasteiger partial charge in [0.1, 0.15) is 22.5 Å². The number of nitrogens with one attached hydrogen (secondary N) is 2. The van der Waals surface area contributed by atoms with Gasteiger partial charge in [0, 0.05) is 35.8 Å². The van der Waals surface area contributed by atoms with Gasteiger partial charge in [-0.1, -0.05) is 110 Å². The molecule has 4 aliphatic rings. The van der Waals surface area contributed by atoms with E-state index in [2.05, 4.69) is 76.9 Å². The van der Waals surface area contributed by atoms with E-state index in [-0.39, 0.29) is 41.6 Å². The highest BCUT2D eigenvalue weighted by molar-refractivity contribution is 7.98. The Kier molecular flexibility index (Phi) is 12.5. The Labute approximate surface area is 404 Å². The van der Waals surface area contributed by atoms with Gasteiger partial charge in [0.2, 0.25) is 11.8 Å². The number of carbonyl (C=O) groups excluding carboxylic acids is 4. The monoisotopic (exact) mass is 926 g/mol. The summed E-state index contributed by atoms with van der Waals surface area (Å²) in [6, 6.07) is 42.7. The molecule has 4 unspecified atom stereocenters. The standard InChI is InChI=1S/C57H62N6O4S/c1-38-15-11-12-20-43(38)35-63-53(65)50-34-47(51(41-18-9-6-10-19-41)61(50)37-57(63,3)55(67)58-44-21-13-14-22-44)42-25-26-45(33-42)59-54(66)56(2)36-60-48(40-16-7-5-8-17-40)29-30-49(60)52(64)62(56)32-31-39-23-27-46(68-4)28-24-39/h5-12,15-20,23-24,27-30,34,42,44-45H,13-14,21-22,25-26,31-33,35-37H2,1-4H3,(H,58,67)(H,59,66). The van der Waals surface area contributed by atoms with Crippen molar-refractivity contribution in [3.63, 3.8) is 0 Å². The van der Waals surface area contributed by atoms with E-state index < -0.39 is 11.1 Å². The molecule has 0 saturated heterocycles. The molecule has 2 aliphatic carbocycles. The molecule has 4 heterocycles. The zero-order valence-electron chi connectivity index (χ0n) is 39.7. The second-order valence-corrected chi connectivity index (χ2v) is 20.8. The predicted octanol–water partition coefficient (Wildman–Crippen LogP) is 10.0. The van der Waals surface area contributed by atoms with Gasteiger partial charge in [-0.2, -0.15) is 0 Å². The van der Waals surface area contributed by atoms with Crippen LogP contribution in [0.5, 0.6) is 0 Å². The zero-order valence-corrected chi connectivity index (χ0v) is 40.5. The van der Waals surface area contributed by atoms with E-state index in [4.69, 9.17) is 0 Å². The number of carbonyl (C=O) groups is 4. The summed E-state index contributed by atoms with van der Waals surface area (Å²) in [5.41, 5.74) is 6.93. The molecule has 4 aromatic carbocycles. The molecule has 2 saturated carbocycles. The highest BCUT2D eigenvalue weighted by Crippen LogP contribution is 2.45. The number of fused-ring (bicyclic) bond motifs is 2. The second-order valence-electron chi connectivity index (χ2n) is 19.9. The Morgan fingerprint density at radius 3 is 1.94 bits per heavy atom. The van der Waals surface area contributed by atoms with Crippen LogP contribution in [0, 0.1) is 6.92 Å². The molecule has 4 atom stereocenters. The summed E-state index contributed by atoms with van der Waals surface area (Å²) >= 11 is 1.69. The number of aryl methyl sites for hydroxylation is 1. The van der Waals surface area contributed by atoms with Crippen molar-refractivity contribution in [3.05, 3.63) is 161 Å². The van der Waals surface area contributed by atoms with E-state index in [1.54, 1.807) is 16.7 Å². The van der Waals surface area contributed by atoms with Crippen molar-refractivity contribution in [1.82, 2.24) is 29.6 Å². The van der Waals surface area contributed by atoms with E-state index in [0.717, 1.165) is 83.3 Å². The third-order valence-corrected chi connectivity index (χ3v) is 16.3. The van der Waals surface area contributed by atoms with Crippen LogP contribution < -0.4 is 10.6 Å². The molecule has 11 heteroatoms. The van der Waals surface area contributed by atoms with Crippen molar-refractivity contribution in [2.45, 2.75) is 126 Å². The molecule has 0 spiro atoms. The normalized spacial score (nSPS) is 22.6. The Morgan fingerprint density at radius 2 is 1.25 bits per heavy atom. The van der Waals surface area contributed by atoms with Crippen LogP contribution in [-0.2, 0) is 35.6 Å². The molecular formula is C57H62N6O4S. The zero-order chi connectivity index (χ0) is 47.2. The maximum atomic E-state index is 15.2. The van der Waals surface area contributed by atoms with Gasteiger partial charge in [0.05, 0.1) is 18.8 Å². The third kappa shape index (κ3) is 8.37. The Morgan fingerprint density at radius 1 is 0.647 bits per heavy atom. The van der Waals surface area contributed by atoms with Crippen LogP contribution in [0.1, 0.15) is 108 Å². The van der Waals surface area contributed by atoms with E-state index in [1.165, 1.54) is 4.90 Å². The van der Waals surface area contributed by atoms with Gasteiger partial charge in [-0.25, -0.2) is 0 Å². The van der Waals surface area contributed by atoms with Crippen molar-refractivity contribution in [2.24, 2.45) is 0 Å². The Hall–Kier alpha value is -6.33. The average Bonchev–Trinajstić information content (AvgIpc) is 4.19. The van der Waals surface area contributed by atoms with Crippen LogP contribution >= 0.6 is 11.8 Å². The van der Waals surface area contributed by atoms with E-state index in [9.17, 15) is 9.59 Å². The van der Waals surface area contributed by atoms with Crippen LogP contribution in [0.4, 0.5) is 0 Å². The van der Waals surface area contributed by atoms with Crippen LogP contribution in [0.2, 0.25) is 0 Å². The van der Waals surface area contributed by atoms with Crippen LogP contribution in [0.15, 0.2) is 132 Å². The summed E-state index contributed by atoms with van der Waals surface area (Å²) in [7, 11) is 0. The number of amides is 4. The van der Waals surface area contributed by atoms with Gasteiger partial charge < -0.3 is 29.6 Å². The highest BCUT2D eigenvalue weighted by atomic mass is 32.2. The van der Waals surface area contributed by atoms with Crippen LogP contribution in [-0.4, -0.2) is 78.5 Å². The first-order valence-corrected chi connectivity index (χ1v) is 25.6. The van der Waals surface area contributed by atoms with E-state index in [0.29, 0.717) is 50.4 Å². The lowest BCUT2D eigenvalue weighted by atomic mass is 9.92.